The van der Waals surface area contributed by atoms with E-state index in [4.69, 9.17) is 0 Å². The number of rotatable bonds is 3. The minimum Gasteiger partial charge on any atom is -0.303 e. The highest BCUT2D eigenvalue weighted by Gasteiger charge is 2.37. The number of allylic oxidation sites excluding steroid dienone is 2. The second-order valence-electron chi connectivity index (χ2n) is 7.32. The Kier molecular flexibility index (Phi) is 3.40. The lowest BCUT2D eigenvalue weighted by Gasteiger charge is -2.38. The molecule has 0 amide bonds. The molecule has 0 aromatic heterocycles. The van der Waals surface area contributed by atoms with Crippen LogP contribution in [-0.2, 0) is 0 Å². The summed E-state index contributed by atoms with van der Waals surface area (Å²) in [6.45, 7) is 6.86. The van der Waals surface area contributed by atoms with Crippen LogP contribution in [0.2, 0.25) is 0 Å². The van der Waals surface area contributed by atoms with Gasteiger partial charge in [0.1, 0.15) is 0 Å². The quantitative estimate of drug-likeness (QED) is 0.720. The lowest BCUT2D eigenvalue weighted by atomic mass is 9.92. The van der Waals surface area contributed by atoms with Crippen LogP contribution in [0.5, 0.6) is 0 Å². The molecule has 2 saturated heterocycles. The first kappa shape index (κ1) is 12.4. The van der Waals surface area contributed by atoms with Gasteiger partial charge in [0.15, 0.2) is 0 Å². The van der Waals surface area contributed by atoms with E-state index in [9.17, 15) is 0 Å². The summed E-state index contributed by atoms with van der Waals surface area (Å²) in [4.78, 5) is 5.53. The van der Waals surface area contributed by atoms with Crippen LogP contribution in [-0.4, -0.2) is 48.6 Å². The molecule has 4 aliphatic rings. The predicted molar refractivity (Wildman–Crippen MR) is 79.1 cm³/mol. The van der Waals surface area contributed by atoms with Crippen LogP contribution in [0.1, 0.15) is 38.5 Å². The fourth-order valence-corrected chi connectivity index (χ4v) is 5.01. The van der Waals surface area contributed by atoms with Gasteiger partial charge < -0.3 is 9.80 Å². The molecule has 3 fully saturated rings. The van der Waals surface area contributed by atoms with Crippen molar-refractivity contribution < 1.29 is 0 Å². The minimum absolute atomic E-state index is 0.915. The predicted octanol–water partition coefficient (Wildman–Crippen LogP) is 2.76. The van der Waals surface area contributed by atoms with Gasteiger partial charge in [-0.3, -0.25) is 0 Å². The van der Waals surface area contributed by atoms with Crippen molar-refractivity contribution in [1.82, 2.24) is 9.80 Å². The molecular weight excluding hydrogens is 232 g/mol. The van der Waals surface area contributed by atoms with Gasteiger partial charge in [-0.1, -0.05) is 12.2 Å². The van der Waals surface area contributed by atoms with E-state index < -0.39 is 0 Å². The SMILES string of the molecule is C1=C[C@@H]2C[C@@H]1C[C@@H]2CN1CCC(N2CCCC2)CC1. The lowest BCUT2D eigenvalue weighted by Crippen LogP contribution is -2.45. The van der Waals surface area contributed by atoms with E-state index in [-0.39, 0.29) is 0 Å². The lowest BCUT2D eigenvalue weighted by molar-refractivity contribution is 0.111. The maximum atomic E-state index is 2.77. The molecule has 2 aliphatic carbocycles. The van der Waals surface area contributed by atoms with Crippen LogP contribution < -0.4 is 0 Å². The molecule has 2 heteroatoms. The van der Waals surface area contributed by atoms with Gasteiger partial charge in [-0.2, -0.15) is 0 Å². The molecule has 2 bridgehead atoms. The molecule has 2 heterocycles. The maximum Gasteiger partial charge on any atom is 0.0120 e. The van der Waals surface area contributed by atoms with Crippen molar-refractivity contribution in [3.05, 3.63) is 12.2 Å². The third-order valence-electron chi connectivity index (χ3n) is 6.12. The molecular formula is C17H28N2. The molecule has 0 aromatic carbocycles. The number of hydrogen-bond acceptors (Lipinski definition) is 2. The van der Waals surface area contributed by atoms with Crippen molar-refractivity contribution in [2.75, 3.05) is 32.7 Å². The second-order valence-corrected chi connectivity index (χ2v) is 7.32. The average molecular weight is 260 g/mol. The van der Waals surface area contributed by atoms with E-state index >= 15 is 0 Å². The van der Waals surface area contributed by atoms with Gasteiger partial charge in [0, 0.05) is 12.6 Å². The summed E-state index contributed by atoms with van der Waals surface area (Å²) in [5, 5.41) is 0. The molecule has 0 aromatic rings. The maximum absolute atomic E-state index is 2.77. The molecule has 0 spiro atoms. The van der Waals surface area contributed by atoms with Gasteiger partial charge in [-0.05, 0) is 82.5 Å². The van der Waals surface area contributed by atoms with Crippen LogP contribution in [0.25, 0.3) is 0 Å². The summed E-state index contributed by atoms with van der Waals surface area (Å²) in [5.74, 6) is 2.86. The third-order valence-corrected chi connectivity index (χ3v) is 6.12. The first-order valence-electron chi connectivity index (χ1n) is 8.53. The summed E-state index contributed by atoms with van der Waals surface area (Å²) in [6, 6.07) is 0.915. The van der Waals surface area contributed by atoms with Crippen LogP contribution in [0, 0.1) is 17.8 Å². The molecule has 106 valence electrons. The van der Waals surface area contributed by atoms with E-state index in [1.54, 1.807) is 0 Å². The first-order chi connectivity index (χ1) is 9.38. The Morgan fingerprint density at radius 3 is 2.32 bits per heavy atom. The van der Waals surface area contributed by atoms with Crippen molar-refractivity contribution in [3.63, 3.8) is 0 Å². The highest BCUT2D eigenvalue weighted by Crippen LogP contribution is 2.43. The minimum atomic E-state index is 0.915. The van der Waals surface area contributed by atoms with Crippen molar-refractivity contribution >= 4 is 0 Å². The van der Waals surface area contributed by atoms with E-state index in [0.717, 1.165) is 23.8 Å². The smallest absolute Gasteiger partial charge is 0.0120 e. The van der Waals surface area contributed by atoms with Crippen molar-refractivity contribution in [2.24, 2.45) is 17.8 Å². The molecule has 0 N–H and O–H groups in total. The molecule has 4 rings (SSSR count). The Morgan fingerprint density at radius 1 is 0.895 bits per heavy atom. The molecule has 0 radical (unpaired) electrons. The topological polar surface area (TPSA) is 6.48 Å². The van der Waals surface area contributed by atoms with Crippen LogP contribution in [0.3, 0.4) is 0 Å². The van der Waals surface area contributed by atoms with Crippen LogP contribution in [0.15, 0.2) is 12.2 Å². The van der Waals surface area contributed by atoms with Gasteiger partial charge in [-0.25, -0.2) is 0 Å². The highest BCUT2D eigenvalue weighted by molar-refractivity contribution is 5.10. The number of piperidine rings is 1. The normalized spacial score (nSPS) is 40.5. The van der Waals surface area contributed by atoms with Crippen LogP contribution in [0.4, 0.5) is 0 Å². The number of fused-ring (bicyclic) bond motifs is 2. The van der Waals surface area contributed by atoms with Gasteiger partial charge in [0.2, 0.25) is 0 Å². The average Bonchev–Trinajstić information content (AvgIpc) is 3.17. The standard InChI is InChI=1S/C17H28N2/c1-2-8-19(7-1)17-5-9-18(10-6-17)13-16-12-14-3-4-15(16)11-14/h3-4,14-17H,1-2,5-13H2/t14-,15-,16-/m1/s1. The Bertz CT molecular complexity index is 337. The molecule has 1 saturated carbocycles. The molecule has 3 atom stereocenters. The van der Waals surface area contributed by atoms with Gasteiger partial charge in [0.05, 0.1) is 0 Å². The number of hydrogen-bond donors (Lipinski definition) is 0. The first-order valence-corrected chi connectivity index (χ1v) is 8.53. The Balaban J connectivity index is 1.25. The van der Waals surface area contributed by atoms with Crippen molar-refractivity contribution in [1.29, 1.82) is 0 Å². The van der Waals surface area contributed by atoms with E-state index in [2.05, 4.69) is 22.0 Å². The van der Waals surface area contributed by atoms with Gasteiger partial charge in [0.25, 0.3) is 0 Å². The Morgan fingerprint density at radius 2 is 1.68 bits per heavy atom. The number of likely N-dealkylation sites (tertiary alicyclic amines) is 2. The van der Waals surface area contributed by atoms with Crippen molar-refractivity contribution in [3.8, 4) is 0 Å². The zero-order valence-electron chi connectivity index (χ0n) is 12.1. The molecule has 2 aliphatic heterocycles. The van der Waals surface area contributed by atoms with E-state index in [0.29, 0.717) is 0 Å². The summed E-state index contributed by atoms with van der Waals surface area (Å²) >= 11 is 0. The zero-order valence-corrected chi connectivity index (χ0v) is 12.1. The fourth-order valence-electron chi connectivity index (χ4n) is 5.01. The monoisotopic (exact) mass is 260 g/mol. The highest BCUT2D eigenvalue weighted by atomic mass is 15.2. The van der Waals surface area contributed by atoms with E-state index in [1.807, 2.05) is 0 Å². The fraction of sp³-hybridized carbons (Fsp3) is 0.882. The number of nitrogens with zero attached hydrogens (tertiary/aromatic N) is 2. The summed E-state index contributed by atoms with van der Waals surface area (Å²) in [6.07, 6.45) is 13.7. The third kappa shape index (κ3) is 2.50. The summed E-state index contributed by atoms with van der Waals surface area (Å²) < 4.78 is 0. The van der Waals surface area contributed by atoms with Crippen LogP contribution >= 0.6 is 0 Å². The molecule has 0 unspecified atom stereocenters. The second kappa shape index (κ2) is 5.21. The Hall–Kier alpha value is -0.340. The van der Waals surface area contributed by atoms with Gasteiger partial charge in [-0.15, -0.1) is 0 Å². The van der Waals surface area contributed by atoms with Gasteiger partial charge >= 0.3 is 0 Å². The van der Waals surface area contributed by atoms with Crippen molar-refractivity contribution in [2.45, 2.75) is 44.6 Å². The molecule has 2 nitrogen and oxygen atoms in total. The largest absolute Gasteiger partial charge is 0.303 e. The Labute approximate surface area is 117 Å². The van der Waals surface area contributed by atoms with E-state index in [1.165, 1.54) is 71.2 Å². The summed E-state index contributed by atoms with van der Waals surface area (Å²) in [7, 11) is 0. The summed E-state index contributed by atoms with van der Waals surface area (Å²) in [5.41, 5.74) is 0. The zero-order chi connectivity index (χ0) is 12.7. The molecule has 19 heavy (non-hydrogen) atoms.